The van der Waals surface area contributed by atoms with Crippen molar-refractivity contribution in [3.63, 3.8) is 0 Å². The van der Waals surface area contributed by atoms with Gasteiger partial charge in [0.1, 0.15) is 5.52 Å². The van der Waals surface area contributed by atoms with Crippen molar-refractivity contribution in [1.29, 1.82) is 0 Å². The summed E-state index contributed by atoms with van der Waals surface area (Å²) in [7, 11) is 0. The molecule has 0 saturated carbocycles. The summed E-state index contributed by atoms with van der Waals surface area (Å²) in [6.07, 6.45) is 5.18. The Morgan fingerprint density at radius 2 is 1.87 bits per heavy atom. The van der Waals surface area contributed by atoms with Crippen molar-refractivity contribution < 1.29 is 18.7 Å². The Hall–Kier alpha value is -3.15. The molecule has 2 aromatic carbocycles. The number of hydrogen-bond acceptors (Lipinski definition) is 5. The first-order valence-corrected chi connectivity index (χ1v) is 11.1. The van der Waals surface area contributed by atoms with Crippen LogP contribution in [0.3, 0.4) is 0 Å². The molecule has 31 heavy (non-hydrogen) atoms. The summed E-state index contributed by atoms with van der Waals surface area (Å²) in [4.78, 5) is 31.1. The molecule has 6 heteroatoms. The van der Waals surface area contributed by atoms with Crippen LogP contribution in [0, 0.1) is 0 Å². The van der Waals surface area contributed by atoms with Crippen LogP contribution in [-0.2, 0) is 33.6 Å². The lowest BCUT2D eigenvalue weighted by molar-refractivity contribution is -0.152. The van der Waals surface area contributed by atoms with Gasteiger partial charge in [0.25, 0.3) is 5.91 Å². The SMILES string of the molecule is O=C(Cc1ccc2c(c1)CCC2)OCC(=O)N1CCC(c2nc3ccccc3o2)CC1. The molecule has 1 amide bonds. The van der Waals surface area contributed by atoms with Crippen molar-refractivity contribution in [2.75, 3.05) is 19.7 Å². The van der Waals surface area contributed by atoms with Crippen LogP contribution in [0.5, 0.6) is 0 Å². The van der Waals surface area contributed by atoms with E-state index in [9.17, 15) is 9.59 Å². The maximum absolute atomic E-state index is 12.5. The van der Waals surface area contributed by atoms with Gasteiger partial charge in [-0.15, -0.1) is 0 Å². The van der Waals surface area contributed by atoms with E-state index in [4.69, 9.17) is 9.15 Å². The summed E-state index contributed by atoms with van der Waals surface area (Å²) in [5.41, 5.74) is 5.34. The highest BCUT2D eigenvalue weighted by molar-refractivity contribution is 5.81. The molecule has 2 heterocycles. The van der Waals surface area contributed by atoms with Crippen molar-refractivity contribution in [2.24, 2.45) is 0 Å². The molecule has 0 spiro atoms. The second-order valence-electron chi connectivity index (χ2n) is 8.47. The Morgan fingerprint density at radius 1 is 1.06 bits per heavy atom. The Kier molecular flexibility index (Phi) is 5.45. The number of carbonyl (C=O) groups excluding carboxylic acids is 2. The van der Waals surface area contributed by atoms with E-state index in [1.807, 2.05) is 30.3 Å². The number of aromatic nitrogens is 1. The minimum atomic E-state index is -0.354. The molecule has 6 nitrogen and oxygen atoms in total. The molecule has 1 saturated heterocycles. The minimum absolute atomic E-state index is 0.140. The first-order valence-electron chi connectivity index (χ1n) is 11.1. The van der Waals surface area contributed by atoms with Crippen LogP contribution in [0.25, 0.3) is 11.1 Å². The predicted octanol–water partition coefficient (Wildman–Crippen LogP) is 3.81. The van der Waals surface area contributed by atoms with Crippen molar-refractivity contribution in [3.8, 4) is 0 Å². The largest absolute Gasteiger partial charge is 0.455 e. The molecule has 0 radical (unpaired) electrons. The average Bonchev–Trinajstić information content (AvgIpc) is 3.44. The van der Waals surface area contributed by atoms with Gasteiger partial charge in [0, 0.05) is 19.0 Å². The van der Waals surface area contributed by atoms with E-state index in [1.165, 1.54) is 17.5 Å². The van der Waals surface area contributed by atoms with Crippen LogP contribution in [0.4, 0.5) is 0 Å². The number of ether oxygens (including phenoxy) is 1. The first-order chi connectivity index (χ1) is 15.2. The Labute approximate surface area is 181 Å². The van der Waals surface area contributed by atoms with Gasteiger partial charge in [-0.1, -0.05) is 30.3 Å². The topological polar surface area (TPSA) is 72.6 Å². The number of esters is 1. The monoisotopic (exact) mass is 418 g/mol. The molecule has 0 atom stereocenters. The van der Waals surface area contributed by atoms with Gasteiger partial charge in [0.05, 0.1) is 6.42 Å². The van der Waals surface area contributed by atoms with Crippen LogP contribution in [-0.4, -0.2) is 41.5 Å². The van der Waals surface area contributed by atoms with E-state index >= 15 is 0 Å². The van der Waals surface area contributed by atoms with Gasteiger partial charge in [-0.05, 0) is 60.9 Å². The average molecular weight is 418 g/mol. The Morgan fingerprint density at radius 3 is 2.71 bits per heavy atom. The zero-order valence-electron chi connectivity index (χ0n) is 17.5. The number of amides is 1. The lowest BCUT2D eigenvalue weighted by Crippen LogP contribution is -2.40. The van der Waals surface area contributed by atoms with E-state index in [0.29, 0.717) is 13.1 Å². The quantitative estimate of drug-likeness (QED) is 0.589. The number of benzene rings is 2. The van der Waals surface area contributed by atoms with E-state index in [2.05, 4.69) is 17.1 Å². The number of piperidine rings is 1. The molecule has 160 valence electrons. The van der Waals surface area contributed by atoms with Gasteiger partial charge in [-0.3, -0.25) is 9.59 Å². The molecule has 3 aromatic rings. The molecule has 1 aliphatic heterocycles. The molecule has 1 aromatic heterocycles. The third kappa shape index (κ3) is 4.33. The molecule has 1 aliphatic carbocycles. The Bertz CT molecular complexity index is 1080. The molecule has 2 aliphatic rings. The highest BCUT2D eigenvalue weighted by Gasteiger charge is 2.27. The van der Waals surface area contributed by atoms with Crippen molar-refractivity contribution in [3.05, 3.63) is 65.0 Å². The number of aryl methyl sites for hydroxylation is 2. The number of para-hydroxylation sites is 2. The van der Waals surface area contributed by atoms with Crippen LogP contribution in [0.1, 0.15) is 47.8 Å². The van der Waals surface area contributed by atoms with Gasteiger partial charge < -0.3 is 14.1 Å². The zero-order chi connectivity index (χ0) is 21.2. The highest BCUT2D eigenvalue weighted by atomic mass is 16.5. The van der Waals surface area contributed by atoms with E-state index < -0.39 is 0 Å². The second-order valence-corrected chi connectivity index (χ2v) is 8.47. The number of hydrogen-bond donors (Lipinski definition) is 0. The van der Waals surface area contributed by atoms with Crippen LogP contribution in [0.2, 0.25) is 0 Å². The third-order valence-corrected chi connectivity index (χ3v) is 6.38. The van der Waals surface area contributed by atoms with Gasteiger partial charge in [0.2, 0.25) is 0 Å². The third-order valence-electron chi connectivity index (χ3n) is 6.38. The number of carbonyl (C=O) groups is 2. The normalized spacial score (nSPS) is 16.5. The van der Waals surface area contributed by atoms with Crippen LogP contribution >= 0.6 is 0 Å². The van der Waals surface area contributed by atoms with Crippen LogP contribution in [0.15, 0.2) is 46.9 Å². The van der Waals surface area contributed by atoms with Gasteiger partial charge in [-0.2, -0.15) is 0 Å². The fourth-order valence-electron chi connectivity index (χ4n) is 4.63. The fraction of sp³-hybridized carbons (Fsp3) is 0.400. The summed E-state index contributed by atoms with van der Waals surface area (Å²) in [5, 5.41) is 0. The van der Waals surface area contributed by atoms with Crippen molar-refractivity contribution in [1.82, 2.24) is 9.88 Å². The molecular formula is C25H26N2O4. The molecule has 0 N–H and O–H groups in total. The molecule has 0 bridgehead atoms. The second kappa shape index (κ2) is 8.53. The molecular weight excluding hydrogens is 392 g/mol. The van der Waals surface area contributed by atoms with Gasteiger partial charge in [0.15, 0.2) is 18.1 Å². The number of nitrogens with zero attached hydrogens (tertiary/aromatic N) is 2. The van der Waals surface area contributed by atoms with Gasteiger partial charge >= 0.3 is 5.97 Å². The number of rotatable bonds is 5. The zero-order valence-corrected chi connectivity index (χ0v) is 17.5. The Balaban J connectivity index is 1.09. The summed E-state index contributed by atoms with van der Waals surface area (Å²) in [6, 6.07) is 13.9. The van der Waals surface area contributed by atoms with Crippen molar-refractivity contribution in [2.45, 2.75) is 44.4 Å². The lowest BCUT2D eigenvalue weighted by Gasteiger charge is -2.30. The highest BCUT2D eigenvalue weighted by Crippen LogP contribution is 2.30. The first kappa shape index (κ1) is 19.8. The molecule has 5 rings (SSSR count). The van der Waals surface area contributed by atoms with Crippen molar-refractivity contribution >= 4 is 23.0 Å². The maximum atomic E-state index is 12.5. The molecule has 1 fully saturated rings. The predicted molar refractivity (Wildman–Crippen MR) is 116 cm³/mol. The molecule has 0 unspecified atom stereocenters. The number of likely N-dealkylation sites (tertiary alicyclic amines) is 1. The summed E-state index contributed by atoms with van der Waals surface area (Å²) < 4.78 is 11.2. The van der Waals surface area contributed by atoms with E-state index in [1.54, 1.807) is 4.90 Å². The van der Waals surface area contributed by atoms with Gasteiger partial charge in [-0.25, -0.2) is 4.98 Å². The van der Waals surface area contributed by atoms with E-state index in [0.717, 1.165) is 48.2 Å². The summed E-state index contributed by atoms with van der Waals surface area (Å²) in [6.45, 7) is 1.03. The summed E-state index contributed by atoms with van der Waals surface area (Å²) >= 11 is 0. The number of fused-ring (bicyclic) bond motifs is 2. The smallest absolute Gasteiger partial charge is 0.310 e. The lowest BCUT2D eigenvalue weighted by atomic mass is 9.97. The standard InChI is InChI=1S/C25H26N2O4/c28-23(16-30-24(29)15-17-8-9-18-4-3-5-20(18)14-17)27-12-10-19(11-13-27)25-26-21-6-1-2-7-22(21)31-25/h1-2,6-9,14,19H,3-5,10-13,15-16H2. The maximum Gasteiger partial charge on any atom is 0.310 e. The minimum Gasteiger partial charge on any atom is -0.455 e. The van der Waals surface area contributed by atoms with E-state index in [-0.39, 0.29) is 30.8 Å². The van der Waals surface area contributed by atoms with Crippen LogP contribution < -0.4 is 0 Å². The fourth-order valence-corrected chi connectivity index (χ4v) is 4.63. The number of oxazole rings is 1. The summed E-state index contributed by atoms with van der Waals surface area (Å²) in [5.74, 6) is 0.457.